The van der Waals surface area contributed by atoms with Crippen molar-refractivity contribution in [2.45, 2.75) is 52.5 Å². The van der Waals surface area contributed by atoms with Crippen molar-refractivity contribution in [3.8, 4) is 5.69 Å². The van der Waals surface area contributed by atoms with Crippen LogP contribution in [0, 0.1) is 6.92 Å². The van der Waals surface area contributed by atoms with Gasteiger partial charge < -0.3 is 15.0 Å². The Labute approximate surface area is 172 Å². The molecule has 29 heavy (non-hydrogen) atoms. The third-order valence-electron chi connectivity index (χ3n) is 5.28. The van der Waals surface area contributed by atoms with E-state index in [1.54, 1.807) is 22.6 Å². The van der Waals surface area contributed by atoms with Gasteiger partial charge in [-0.3, -0.25) is 4.79 Å². The molecule has 3 rings (SSSR count). The van der Waals surface area contributed by atoms with E-state index in [2.05, 4.69) is 36.4 Å². The monoisotopic (exact) mass is 398 g/mol. The fraction of sp³-hybridized carbons (Fsp3) is 0.500. The minimum absolute atomic E-state index is 0.0314. The van der Waals surface area contributed by atoms with E-state index < -0.39 is 0 Å². The van der Waals surface area contributed by atoms with Crippen LogP contribution >= 0.6 is 0 Å². The number of carbonyl (C=O) groups is 2. The normalized spacial score (nSPS) is 14.9. The summed E-state index contributed by atoms with van der Waals surface area (Å²) in [6.07, 6.45) is 1.14. The van der Waals surface area contributed by atoms with Crippen molar-refractivity contribution in [2.24, 2.45) is 0 Å². The molecule has 1 aliphatic heterocycles. The van der Waals surface area contributed by atoms with Gasteiger partial charge in [-0.1, -0.05) is 26.0 Å². The van der Waals surface area contributed by atoms with Crippen molar-refractivity contribution in [3.63, 3.8) is 0 Å². The summed E-state index contributed by atoms with van der Waals surface area (Å²) in [6.45, 7) is 9.60. The Kier molecular flexibility index (Phi) is 6.56. The molecule has 0 unspecified atom stereocenters. The number of nitrogens with zero attached hydrogens (tertiary/aromatic N) is 3. The number of amides is 2. The van der Waals surface area contributed by atoms with Gasteiger partial charge in [0.15, 0.2) is 5.69 Å². The van der Waals surface area contributed by atoms with E-state index in [0.29, 0.717) is 44.1 Å². The molecule has 7 nitrogen and oxygen atoms in total. The van der Waals surface area contributed by atoms with Crippen LogP contribution in [0.5, 0.6) is 0 Å². The first-order valence-electron chi connectivity index (χ1n) is 10.3. The zero-order chi connectivity index (χ0) is 21.0. The second-order valence-corrected chi connectivity index (χ2v) is 7.76. The summed E-state index contributed by atoms with van der Waals surface area (Å²) in [6, 6.07) is 10.1. The van der Waals surface area contributed by atoms with Crippen molar-refractivity contribution in [1.29, 1.82) is 0 Å². The Hall–Kier alpha value is -2.83. The van der Waals surface area contributed by atoms with Crippen LogP contribution in [0.1, 0.15) is 61.3 Å². The maximum absolute atomic E-state index is 12.7. The summed E-state index contributed by atoms with van der Waals surface area (Å²) in [5.41, 5.74) is 3.52. The summed E-state index contributed by atoms with van der Waals surface area (Å²) >= 11 is 0. The van der Waals surface area contributed by atoms with E-state index in [9.17, 15) is 9.59 Å². The topological polar surface area (TPSA) is 76.5 Å². The number of aryl methyl sites for hydroxylation is 1. The Morgan fingerprint density at radius 1 is 1.21 bits per heavy atom. The first kappa shape index (κ1) is 20.9. The number of likely N-dealkylation sites (tertiary alicyclic amines) is 1. The molecule has 2 amide bonds. The number of hydrogen-bond acceptors (Lipinski definition) is 4. The Bertz CT molecular complexity index is 849. The Morgan fingerprint density at radius 2 is 1.86 bits per heavy atom. The van der Waals surface area contributed by atoms with Gasteiger partial charge in [-0.15, -0.1) is 0 Å². The molecule has 7 heteroatoms. The average Bonchev–Trinajstić information content (AvgIpc) is 3.10. The van der Waals surface area contributed by atoms with Crippen LogP contribution in [0.15, 0.2) is 30.3 Å². The fourth-order valence-electron chi connectivity index (χ4n) is 3.53. The molecule has 2 heterocycles. The summed E-state index contributed by atoms with van der Waals surface area (Å²) in [7, 11) is 0. The standard InChI is InChI=1S/C22H30N4O3/c1-5-29-22(28)25-12-10-18(11-13-25)23-21(27)20-14-16(4)26(24-20)19-8-6-17(7-9-19)15(2)3/h6-9,14-15,18H,5,10-13H2,1-4H3,(H,23,27). The molecule has 1 N–H and O–H groups in total. The number of ether oxygens (including phenoxy) is 1. The average molecular weight is 399 g/mol. The second kappa shape index (κ2) is 9.11. The van der Waals surface area contributed by atoms with Crippen LogP contribution in [-0.4, -0.2) is 52.4 Å². The molecule has 1 aromatic heterocycles. The van der Waals surface area contributed by atoms with E-state index in [1.165, 1.54) is 5.56 Å². The summed E-state index contributed by atoms with van der Waals surface area (Å²) in [4.78, 5) is 26.2. The van der Waals surface area contributed by atoms with E-state index >= 15 is 0 Å². The van der Waals surface area contributed by atoms with E-state index in [4.69, 9.17) is 4.74 Å². The number of benzene rings is 1. The molecule has 0 aliphatic carbocycles. The van der Waals surface area contributed by atoms with Crippen molar-refractivity contribution >= 4 is 12.0 Å². The lowest BCUT2D eigenvalue weighted by molar-refractivity contribution is 0.0856. The van der Waals surface area contributed by atoms with Crippen molar-refractivity contribution in [2.75, 3.05) is 19.7 Å². The van der Waals surface area contributed by atoms with Crippen LogP contribution in [0.2, 0.25) is 0 Å². The van der Waals surface area contributed by atoms with E-state index in [-0.39, 0.29) is 18.0 Å². The van der Waals surface area contributed by atoms with Gasteiger partial charge in [0.1, 0.15) is 0 Å². The number of aromatic nitrogens is 2. The zero-order valence-corrected chi connectivity index (χ0v) is 17.6. The second-order valence-electron chi connectivity index (χ2n) is 7.76. The molecular formula is C22H30N4O3. The maximum Gasteiger partial charge on any atom is 0.409 e. The van der Waals surface area contributed by atoms with Crippen LogP contribution < -0.4 is 5.32 Å². The van der Waals surface area contributed by atoms with Crippen molar-refractivity contribution < 1.29 is 14.3 Å². The number of piperidine rings is 1. The van der Waals surface area contributed by atoms with Gasteiger partial charge in [0.05, 0.1) is 12.3 Å². The minimum Gasteiger partial charge on any atom is -0.450 e. The minimum atomic E-state index is -0.282. The number of nitrogens with one attached hydrogen (secondary N) is 1. The van der Waals surface area contributed by atoms with Crippen LogP contribution in [0.25, 0.3) is 5.69 Å². The Balaban J connectivity index is 1.61. The molecule has 1 saturated heterocycles. The largest absolute Gasteiger partial charge is 0.450 e. The fourth-order valence-corrected chi connectivity index (χ4v) is 3.53. The van der Waals surface area contributed by atoms with Crippen LogP contribution in [0.3, 0.4) is 0 Å². The van der Waals surface area contributed by atoms with Gasteiger partial charge in [0, 0.05) is 24.8 Å². The van der Waals surface area contributed by atoms with Gasteiger partial charge in [-0.05, 0) is 56.4 Å². The predicted molar refractivity (Wildman–Crippen MR) is 111 cm³/mol. The van der Waals surface area contributed by atoms with Gasteiger partial charge in [0.25, 0.3) is 5.91 Å². The molecule has 0 radical (unpaired) electrons. The third kappa shape index (κ3) is 4.96. The van der Waals surface area contributed by atoms with Crippen molar-refractivity contribution in [3.05, 3.63) is 47.3 Å². The highest BCUT2D eigenvalue weighted by Crippen LogP contribution is 2.18. The lowest BCUT2D eigenvalue weighted by Gasteiger charge is -2.31. The maximum atomic E-state index is 12.7. The first-order valence-corrected chi connectivity index (χ1v) is 10.3. The van der Waals surface area contributed by atoms with Crippen LogP contribution in [-0.2, 0) is 4.74 Å². The first-order chi connectivity index (χ1) is 13.9. The number of hydrogen-bond donors (Lipinski definition) is 1. The molecule has 1 fully saturated rings. The molecule has 1 aromatic carbocycles. The molecule has 0 bridgehead atoms. The van der Waals surface area contributed by atoms with Gasteiger partial charge >= 0.3 is 6.09 Å². The summed E-state index contributed by atoms with van der Waals surface area (Å²) in [5, 5.41) is 7.56. The highest BCUT2D eigenvalue weighted by molar-refractivity contribution is 5.92. The molecule has 1 aliphatic rings. The van der Waals surface area contributed by atoms with Crippen molar-refractivity contribution in [1.82, 2.24) is 20.0 Å². The summed E-state index contributed by atoms with van der Waals surface area (Å²) in [5.74, 6) is 0.291. The number of carbonyl (C=O) groups excluding carboxylic acids is 2. The SMILES string of the molecule is CCOC(=O)N1CCC(NC(=O)c2cc(C)n(-c3ccc(C(C)C)cc3)n2)CC1. The molecule has 0 atom stereocenters. The predicted octanol–water partition coefficient (Wildman–Crippen LogP) is 3.65. The van der Waals surface area contributed by atoms with E-state index in [0.717, 1.165) is 11.4 Å². The Morgan fingerprint density at radius 3 is 2.45 bits per heavy atom. The lowest BCUT2D eigenvalue weighted by atomic mass is 10.0. The molecule has 0 spiro atoms. The third-order valence-corrected chi connectivity index (χ3v) is 5.28. The van der Waals surface area contributed by atoms with E-state index in [1.807, 2.05) is 19.1 Å². The zero-order valence-electron chi connectivity index (χ0n) is 17.6. The van der Waals surface area contributed by atoms with Gasteiger partial charge in [-0.2, -0.15) is 5.10 Å². The van der Waals surface area contributed by atoms with Gasteiger partial charge in [0.2, 0.25) is 0 Å². The highest BCUT2D eigenvalue weighted by Gasteiger charge is 2.25. The molecular weight excluding hydrogens is 368 g/mol. The quantitative estimate of drug-likeness (QED) is 0.834. The molecule has 2 aromatic rings. The lowest BCUT2D eigenvalue weighted by Crippen LogP contribution is -2.46. The highest BCUT2D eigenvalue weighted by atomic mass is 16.6. The molecule has 0 saturated carbocycles. The number of rotatable bonds is 5. The summed E-state index contributed by atoms with van der Waals surface area (Å²) < 4.78 is 6.83. The van der Waals surface area contributed by atoms with Gasteiger partial charge in [-0.25, -0.2) is 9.48 Å². The molecule has 156 valence electrons. The smallest absolute Gasteiger partial charge is 0.409 e. The van der Waals surface area contributed by atoms with Crippen LogP contribution in [0.4, 0.5) is 4.79 Å².